The fraction of sp³-hybridized carbons (Fsp3) is 0.125. The van der Waals surface area contributed by atoms with Crippen LogP contribution in [0.4, 0.5) is 0 Å². The van der Waals surface area contributed by atoms with Crippen LogP contribution in [0.2, 0.25) is 0 Å². The number of primary sulfonamides is 1. The first-order chi connectivity index (χ1) is 6.54. The standard InChI is InChI=1S/C8H8N2O3S/c9-14(12,13)8-4-7(2-1-3-11)5-10-6-8/h4-6,11H,3H2,(H2,9,12,13). The van der Waals surface area contributed by atoms with E-state index in [-0.39, 0.29) is 11.5 Å². The molecule has 74 valence electrons. The van der Waals surface area contributed by atoms with Gasteiger partial charge in [0.05, 0.1) is 0 Å². The molecule has 0 saturated carbocycles. The Morgan fingerprint density at radius 2 is 2.21 bits per heavy atom. The number of hydrogen-bond donors (Lipinski definition) is 2. The molecule has 0 bridgehead atoms. The van der Waals surface area contributed by atoms with Crippen molar-refractivity contribution < 1.29 is 13.5 Å². The van der Waals surface area contributed by atoms with E-state index in [1.165, 1.54) is 12.3 Å². The summed E-state index contributed by atoms with van der Waals surface area (Å²) in [6.45, 7) is -0.292. The Hall–Kier alpha value is -1.42. The van der Waals surface area contributed by atoms with Crippen LogP contribution in [-0.4, -0.2) is 25.1 Å². The van der Waals surface area contributed by atoms with Gasteiger partial charge in [0.2, 0.25) is 10.0 Å². The SMILES string of the molecule is NS(=O)(=O)c1cncc(C#CCO)c1. The van der Waals surface area contributed by atoms with Crippen LogP contribution in [-0.2, 0) is 10.0 Å². The highest BCUT2D eigenvalue weighted by Crippen LogP contribution is 2.05. The zero-order valence-corrected chi connectivity index (χ0v) is 7.95. The van der Waals surface area contributed by atoms with E-state index in [1.807, 2.05) is 0 Å². The van der Waals surface area contributed by atoms with Gasteiger partial charge < -0.3 is 5.11 Å². The number of hydrogen-bond acceptors (Lipinski definition) is 4. The Morgan fingerprint density at radius 1 is 1.50 bits per heavy atom. The van der Waals surface area contributed by atoms with Gasteiger partial charge in [0.15, 0.2) is 0 Å². The topological polar surface area (TPSA) is 93.3 Å². The van der Waals surface area contributed by atoms with Crippen molar-refractivity contribution in [2.45, 2.75) is 4.90 Å². The smallest absolute Gasteiger partial charge is 0.239 e. The molecule has 0 saturated heterocycles. The number of pyridine rings is 1. The van der Waals surface area contributed by atoms with Crippen molar-refractivity contribution in [1.29, 1.82) is 0 Å². The Morgan fingerprint density at radius 3 is 2.79 bits per heavy atom. The third kappa shape index (κ3) is 2.81. The van der Waals surface area contributed by atoms with Crippen molar-refractivity contribution >= 4 is 10.0 Å². The molecule has 6 heteroatoms. The van der Waals surface area contributed by atoms with E-state index in [2.05, 4.69) is 16.8 Å². The molecule has 1 aromatic heterocycles. The molecule has 14 heavy (non-hydrogen) atoms. The number of aliphatic hydroxyl groups is 1. The second kappa shape index (κ2) is 4.19. The summed E-state index contributed by atoms with van der Waals surface area (Å²) < 4.78 is 21.8. The number of aliphatic hydroxyl groups excluding tert-OH is 1. The molecule has 0 unspecified atom stereocenters. The van der Waals surface area contributed by atoms with Gasteiger partial charge in [-0.2, -0.15) is 0 Å². The molecule has 0 aliphatic carbocycles. The van der Waals surface area contributed by atoms with E-state index in [0.717, 1.165) is 6.20 Å². The fourth-order valence-corrected chi connectivity index (χ4v) is 1.28. The van der Waals surface area contributed by atoms with Crippen LogP contribution in [0.1, 0.15) is 5.56 Å². The summed E-state index contributed by atoms with van der Waals surface area (Å²) in [5.74, 6) is 4.90. The van der Waals surface area contributed by atoms with Crippen LogP contribution in [0.5, 0.6) is 0 Å². The van der Waals surface area contributed by atoms with E-state index in [9.17, 15) is 8.42 Å². The van der Waals surface area contributed by atoms with Crippen molar-refractivity contribution in [2.24, 2.45) is 5.14 Å². The van der Waals surface area contributed by atoms with Crippen LogP contribution >= 0.6 is 0 Å². The molecule has 0 atom stereocenters. The van der Waals surface area contributed by atoms with Gasteiger partial charge in [-0.3, -0.25) is 4.98 Å². The van der Waals surface area contributed by atoms with Crippen LogP contribution < -0.4 is 5.14 Å². The molecule has 0 spiro atoms. The van der Waals surface area contributed by atoms with Gasteiger partial charge in [0.25, 0.3) is 0 Å². The maximum Gasteiger partial charge on any atom is 0.239 e. The number of sulfonamides is 1. The highest BCUT2D eigenvalue weighted by Gasteiger charge is 2.07. The molecule has 0 radical (unpaired) electrons. The summed E-state index contributed by atoms with van der Waals surface area (Å²) in [6.07, 6.45) is 2.52. The Kier molecular flexibility index (Phi) is 3.19. The minimum Gasteiger partial charge on any atom is -0.384 e. The summed E-state index contributed by atoms with van der Waals surface area (Å²) in [4.78, 5) is 3.57. The van der Waals surface area contributed by atoms with Gasteiger partial charge in [-0.1, -0.05) is 11.8 Å². The van der Waals surface area contributed by atoms with Gasteiger partial charge in [-0.25, -0.2) is 13.6 Å². The van der Waals surface area contributed by atoms with Gasteiger partial charge in [-0.15, -0.1) is 0 Å². The van der Waals surface area contributed by atoms with E-state index in [4.69, 9.17) is 10.2 Å². The number of nitrogens with two attached hydrogens (primary N) is 1. The average Bonchev–Trinajstić information content (AvgIpc) is 2.14. The van der Waals surface area contributed by atoms with Gasteiger partial charge in [0.1, 0.15) is 11.5 Å². The minimum absolute atomic E-state index is 0.0951. The number of rotatable bonds is 1. The maximum atomic E-state index is 10.9. The van der Waals surface area contributed by atoms with Crippen molar-refractivity contribution in [3.8, 4) is 11.8 Å². The largest absolute Gasteiger partial charge is 0.384 e. The lowest BCUT2D eigenvalue weighted by molar-refractivity contribution is 0.350. The normalized spacial score (nSPS) is 10.4. The minimum atomic E-state index is -3.74. The van der Waals surface area contributed by atoms with E-state index < -0.39 is 10.0 Å². The molecule has 0 aromatic carbocycles. The Balaban J connectivity index is 3.14. The molecular formula is C8H8N2O3S. The molecule has 1 aromatic rings. The lowest BCUT2D eigenvalue weighted by Crippen LogP contribution is -2.12. The third-order valence-corrected chi connectivity index (χ3v) is 2.23. The van der Waals surface area contributed by atoms with Crippen molar-refractivity contribution in [3.05, 3.63) is 24.0 Å². The molecule has 1 heterocycles. The molecule has 0 fully saturated rings. The first-order valence-corrected chi connectivity index (χ1v) is 5.16. The molecule has 3 N–H and O–H groups in total. The second-order valence-corrected chi connectivity index (χ2v) is 3.98. The van der Waals surface area contributed by atoms with Crippen molar-refractivity contribution in [2.75, 3.05) is 6.61 Å². The van der Waals surface area contributed by atoms with E-state index in [1.54, 1.807) is 0 Å². The summed E-state index contributed by atoms with van der Waals surface area (Å²) in [5, 5.41) is 13.3. The first kappa shape index (κ1) is 10.7. The lowest BCUT2D eigenvalue weighted by atomic mass is 10.3. The van der Waals surface area contributed by atoms with Crippen LogP contribution in [0.15, 0.2) is 23.4 Å². The first-order valence-electron chi connectivity index (χ1n) is 3.61. The molecule has 0 amide bonds. The highest BCUT2D eigenvalue weighted by molar-refractivity contribution is 7.89. The molecule has 0 aliphatic heterocycles. The zero-order chi connectivity index (χ0) is 10.6. The van der Waals surface area contributed by atoms with Crippen LogP contribution in [0.25, 0.3) is 0 Å². The monoisotopic (exact) mass is 212 g/mol. The Labute approximate surface area is 81.6 Å². The van der Waals surface area contributed by atoms with Gasteiger partial charge in [-0.05, 0) is 6.07 Å². The molecule has 0 aliphatic rings. The van der Waals surface area contributed by atoms with Crippen LogP contribution in [0.3, 0.4) is 0 Å². The van der Waals surface area contributed by atoms with E-state index >= 15 is 0 Å². The predicted octanol–water partition coefficient (Wildman–Crippen LogP) is -0.927. The third-order valence-electron chi connectivity index (χ3n) is 1.35. The summed E-state index contributed by atoms with van der Waals surface area (Å²) in [5.41, 5.74) is 0.394. The van der Waals surface area contributed by atoms with Gasteiger partial charge >= 0.3 is 0 Å². The summed E-state index contributed by atoms with van der Waals surface area (Å²) >= 11 is 0. The maximum absolute atomic E-state index is 10.9. The fourth-order valence-electron chi connectivity index (χ4n) is 0.784. The van der Waals surface area contributed by atoms with E-state index in [0.29, 0.717) is 5.56 Å². The predicted molar refractivity (Wildman–Crippen MR) is 49.6 cm³/mol. The Bertz CT molecular complexity index is 485. The summed E-state index contributed by atoms with van der Waals surface area (Å²) in [6, 6.07) is 1.30. The van der Waals surface area contributed by atoms with Crippen molar-refractivity contribution in [3.63, 3.8) is 0 Å². The van der Waals surface area contributed by atoms with Gasteiger partial charge in [0, 0.05) is 18.0 Å². The highest BCUT2D eigenvalue weighted by atomic mass is 32.2. The number of nitrogens with zero attached hydrogens (tertiary/aromatic N) is 1. The number of aromatic nitrogens is 1. The molecule has 1 rings (SSSR count). The second-order valence-electron chi connectivity index (χ2n) is 2.41. The zero-order valence-electron chi connectivity index (χ0n) is 7.14. The quantitative estimate of drug-likeness (QED) is 0.588. The summed E-state index contributed by atoms with van der Waals surface area (Å²) in [7, 11) is -3.74. The lowest BCUT2D eigenvalue weighted by Gasteiger charge is -1.96. The van der Waals surface area contributed by atoms with Crippen molar-refractivity contribution in [1.82, 2.24) is 4.98 Å². The van der Waals surface area contributed by atoms with Crippen LogP contribution in [0, 0.1) is 11.8 Å². The molecular weight excluding hydrogens is 204 g/mol. The average molecular weight is 212 g/mol. The molecule has 5 nitrogen and oxygen atoms in total.